The van der Waals surface area contributed by atoms with Gasteiger partial charge in [-0.1, -0.05) is 12.1 Å². The molecule has 0 fully saturated rings. The molecule has 0 aliphatic heterocycles. The fourth-order valence-corrected chi connectivity index (χ4v) is 2.36. The predicted octanol–water partition coefficient (Wildman–Crippen LogP) is 2.99. The molecule has 0 saturated heterocycles. The summed E-state index contributed by atoms with van der Waals surface area (Å²) in [5.74, 6) is -2.80. The Morgan fingerprint density at radius 1 is 1.33 bits per heavy atom. The molecule has 12 heavy (non-hydrogen) atoms. The van der Waals surface area contributed by atoms with Gasteiger partial charge in [0.25, 0.3) is 5.85 Å². The van der Waals surface area contributed by atoms with Crippen LogP contribution in [0.4, 0.5) is 0 Å². The topological polar surface area (TPSA) is 26.3 Å². The standard InChI is InChI=1S/C7H7Cl2O2P/c1-11-6-4-2-3-5-7(6)12(8,9)10/h2-5H,1H3. The maximum Gasteiger partial charge on any atom is 0.285 e. The van der Waals surface area contributed by atoms with Crippen molar-refractivity contribution < 1.29 is 9.30 Å². The van der Waals surface area contributed by atoms with Gasteiger partial charge >= 0.3 is 0 Å². The van der Waals surface area contributed by atoms with Gasteiger partial charge in [-0.2, -0.15) is 0 Å². The summed E-state index contributed by atoms with van der Waals surface area (Å²) in [6, 6.07) is 6.70. The van der Waals surface area contributed by atoms with Crippen LogP contribution in [0.2, 0.25) is 0 Å². The number of halogens is 2. The Balaban J connectivity index is 3.23. The number of para-hydroxylation sites is 1. The third-order valence-corrected chi connectivity index (χ3v) is 3.39. The van der Waals surface area contributed by atoms with Gasteiger partial charge in [0.2, 0.25) is 0 Å². The molecule has 0 amide bonds. The second-order valence-corrected chi connectivity index (χ2v) is 6.92. The zero-order valence-corrected chi connectivity index (χ0v) is 8.74. The van der Waals surface area contributed by atoms with Crippen LogP contribution in [0.3, 0.4) is 0 Å². The molecule has 0 spiro atoms. The lowest BCUT2D eigenvalue weighted by molar-refractivity contribution is 0.418. The Kier molecular flexibility index (Phi) is 3.05. The molecule has 0 atom stereocenters. The smallest absolute Gasteiger partial charge is 0.285 e. The van der Waals surface area contributed by atoms with Crippen molar-refractivity contribution in [3.8, 4) is 5.75 Å². The van der Waals surface area contributed by atoms with Crippen molar-refractivity contribution in [2.45, 2.75) is 0 Å². The first-order chi connectivity index (χ1) is 5.55. The van der Waals surface area contributed by atoms with Gasteiger partial charge in [0, 0.05) is 0 Å². The van der Waals surface area contributed by atoms with E-state index in [1.165, 1.54) is 7.11 Å². The fraction of sp³-hybridized carbons (Fsp3) is 0.143. The maximum absolute atomic E-state index is 11.2. The van der Waals surface area contributed by atoms with Crippen LogP contribution in [-0.2, 0) is 4.57 Å². The van der Waals surface area contributed by atoms with Gasteiger partial charge in [0.1, 0.15) is 5.75 Å². The summed E-state index contributed by atoms with van der Waals surface area (Å²) in [7, 11) is 1.47. The van der Waals surface area contributed by atoms with Crippen LogP contribution in [0.1, 0.15) is 0 Å². The van der Waals surface area contributed by atoms with Crippen LogP contribution in [0.15, 0.2) is 24.3 Å². The lowest BCUT2D eigenvalue weighted by Crippen LogP contribution is -2.02. The van der Waals surface area contributed by atoms with E-state index in [4.69, 9.17) is 27.2 Å². The third kappa shape index (κ3) is 2.16. The molecule has 0 aromatic heterocycles. The third-order valence-electron chi connectivity index (χ3n) is 1.37. The molecular formula is C7H7Cl2O2P. The van der Waals surface area contributed by atoms with E-state index in [0.717, 1.165) is 0 Å². The molecule has 1 rings (SSSR count). The van der Waals surface area contributed by atoms with Crippen molar-refractivity contribution >= 4 is 33.6 Å². The number of benzene rings is 1. The first-order valence-electron chi connectivity index (χ1n) is 3.18. The molecule has 66 valence electrons. The van der Waals surface area contributed by atoms with Crippen molar-refractivity contribution in [1.29, 1.82) is 0 Å². The Morgan fingerprint density at radius 2 is 1.92 bits per heavy atom. The monoisotopic (exact) mass is 224 g/mol. The average Bonchev–Trinajstić information content (AvgIpc) is 2.03. The lowest BCUT2D eigenvalue weighted by atomic mass is 10.3. The molecule has 0 aliphatic carbocycles. The van der Waals surface area contributed by atoms with Gasteiger partial charge in [-0.05, 0) is 34.6 Å². The van der Waals surface area contributed by atoms with Crippen LogP contribution in [0.5, 0.6) is 5.75 Å². The summed E-state index contributed by atoms with van der Waals surface area (Å²) in [5, 5.41) is 0.343. The summed E-state index contributed by atoms with van der Waals surface area (Å²) in [4.78, 5) is 0. The maximum atomic E-state index is 11.2. The zero-order chi connectivity index (χ0) is 9.19. The summed E-state index contributed by atoms with van der Waals surface area (Å²) in [5.41, 5.74) is 0. The molecule has 5 heteroatoms. The van der Waals surface area contributed by atoms with Gasteiger partial charge in [0.15, 0.2) is 0 Å². The highest BCUT2D eigenvalue weighted by Gasteiger charge is 2.21. The minimum atomic E-state index is -3.25. The van der Waals surface area contributed by atoms with E-state index in [1.807, 2.05) is 0 Å². The second kappa shape index (κ2) is 3.69. The average molecular weight is 225 g/mol. The first kappa shape index (κ1) is 9.91. The molecule has 0 heterocycles. The normalized spacial score (nSPS) is 11.2. The van der Waals surface area contributed by atoms with Gasteiger partial charge in [0.05, 0.1) is 12.4 Å². The van der Waals surface area contributed by atoms with Crippen molar-refractivity contribution in [3.63, 3.8) is 0 Å². The number of rotatable bonds is 2. The van der Waals surface area contributed by atoms with E-state index in [2.05, 4.69) is 0 Å². The van der Waals surface area contributed by atoms with Crippen LogP contribution < -0.4 is 10.0 Å². The van der Waals surface area contributed by atoms with Crippen LogP contribution >= 0.6 is 28.3 Å². The summed E-state index contributed by atoms with van der Waals surface area (Å²) in [6.07, 6.45) is 0. The highest BCUT2D eigenvalue weighted by molar-refractivity contribution is 8.13. The summed E-state index contributed by atoms with van der Waals surface area (Å²) >= 11 is 11.0. The molecule has 1 aromatic rings. The van der Waals surface area contributed by atoms with Crippen LogP contribution in [0.25, 0.3) is 0 Å². The van der Waals surface area contributed by atoms with Crippen molar-refractivity contribution in [1.82, 2.24) is 0 Å². The summed E-state index contributed by atoms with van der Waals surface area (Å²) in [6.45, 7) is 0. The van der Waals surface area contributed by atoms with Crippen molar-refractivity contribution in [2.75, 3.05) is 7.11 Å². The largest absolute Gasteiger partial charge is 0.496 e. The summed E-state index contributed by atoms with van der Waals surface area (Å²) < 4.78 is 16.2. The molecule has 0 bridgehead atoms. The lowest BCUT2D eigenvalue weighted by Gasteiger charge is -2.07. The van der Waals surface area contributed by atoms with Crippen LogP contribution in [0, 0.1) is 0 Å². The van der Waals surface area contributed by atoms with Gasteiger partial charge < -0.3 is 4.74 Å². The SMILES string of the molecule is COc1ccccc1P(=O)(Cl)Cl. The quantitative estimate of drug-likeness (QED) is 0.723. The van der Waals surface area contributed by atoms with E-state index in [9.17, 15) is 4.57 Å². The Bertz CT molecular complexity index is 321. The molecule has 0 unspecified atom stereocenters. The van der Waals surface area contributed by atoms with E-state index in [1.54, 1.807) is 24.3 Å². The van der Waals surface area contributed by atoms with Crippen molar-refractivity contribution in [3.05, 3.63) is 24.3 Å². The second-order valence-electron chi connectivity index (χ2n) is 2.13. The van der Waals surface area contributed by atoms with E-state index >= 15 is 0 Å². The molecule has 2 nitrogen and oxygen atoms in total. The van der Waals surface area contributed by atoms with Gasteiger partial charge in [-0.15, -0.1) is 0 Å². The van der Waals surface area contributed by atoms with E-state index in [0.29, 0.717) is 11.1 Å². The Hall–Kier alpha value is -0.170. The van der Waals surface area contributed by atoms with Gasteiger partial charge in [-0.25, -0.2) is 0 Å². The predicted molar refractivity (Wildman–Crippen MR) is 51.9 cm³/mol. The van der Waals surface area contributed by atoms with E-state index < -0.39 is 5.85 Å². The molecule has 0 saturated carbocycles. The minimum absolute atomic E-state index is 0.343. The zero-order valence-electron chi connectivity index (χ0n) is 6.33. The highest BCUT2D eigenvalue weighted by atomic mass is 35.9. The number of ether oxygens (including phenoxy) is 1. The van der Waals surface area contributed by atoms with Crippen LogP contribution in [-0.4, -0.2) is 7.11 Å². The Morgan fingerprint density at radius 3 is 2.33 bits per heavy atom. The molecule has 1 aromatic carbocycles. The molecule has 0 N–H and O–H groups in total. The highest BCUT2D eigenvalue weighted by Crippen LogP contribution is 2.56. The molecular weight excluding hydrogens is 218 g/mol. The number of hydrogen-bond donors (Lipinski definition) is 0. The van der Waals surface area contributed by atoms with Gasteiger partial charge in [-0.3, -0.25) is 4.57 Å². The molecule has 0 aliphatic rings. The van der Waals surface area contributed by atoms with E-state index in [-0.39, 0.29) is 0 Å². The first-order valence-corrected chi connectivity index (χ1v) is 6.70. The Labute approximate surface area is 80.4 Å². The fourth-order valence-electron chi connectivity index (χ4n) is 0.845. The molecule has 0 radical (unpaired) electrons. The number of methoxy groups -OCH3 is 1. The van der Waals surface area contributed by atoms with Crippen molar-refractivity contribution in [2.24, 2.45) is 0 Å². The number of hydrogen-bond acceptors (Lipinski definition) is 2. The minimum Gasteiger partial charge on any atom is -0.496 e.